The molecule has 1 amide bonds. The van der Waals surface area contributed by atoms with Crippen LogP contribution in [0.5, 0.6) is 0 Å². The first-order valence-electron chi connectivity index (χ1n) is 6.31. The number of rotatable bonds is 3. The fraction of sp³-hybridized carbons (Fsp3) is 0.125. The quantitative estimate of drug-likeness (QED) is 0.870. The lowest BCUT2D eigenvalue weighted by molar-refractivity contribution is 0.0785. The Morgan fingerprint density at radius 1 is 1.29 bits per heavy atom. The number of hydrogen-bond donors (Lipinski definition) is 1. The van der Waals surface area contributed by atoms with Crippen molar-refractivity contribution in [3.05, 3.63) is 63.6 Å². The first-order chi connectivity index (χ1) is 10.0. The maximum Gasteiger partial charge on any atom is 0.253 e. The Balaban J connectivity index is 2.11. The number of carbonyl (C=O) groups is 1. The van der Waals surface area contributed by atoms with Crippen LogP contribution in [0.2, 0.25) is 0 Å². The number of nitrogen functional groups attached to an aromatic ring is 1. The molecule has 2 aromatic rings. The first-order valence-corrected chi connectivity index (χ1v) is 7.10. The lowest BCUT2D eigenvalue weighted by Gasteiger charge is -2.17. The van der Waals surface area contributed by atoms with Gasteiger partial charge in [0, 0.05) is 29.3 Å². The maximum atomic E-state index is 12.3. The van der Waals surface area contributed by atoms with Crippen LogP contribution >= 0.6 is 15.9 Å². The summed E-state index contributed by atoms with van der Waals surface area (Å²) in [5.41, 5.74) is 8.45. The van der Waals surface area contributed by atoms with Gasteiger partial charge >= 0.3 is 0 Å². The minimum atomic E-state index is -0.0986. The van der Waals surface area contributed by atoms with E-state index in [9.17, 15) is 4.79 Å². The summed E-state index contributed by atoms with van der Waals surface area (Å²) >= 11 is 3.31. The van der Waals surface area contributed by atoms with Gasteiger partial charge in [-0.15, -0.1) is 0 Å². The van der Waals surface area contributed by atoms with E-state index >= 15 is 0 Å². The molecule has 0 fully saturated rings. The lowest BCUT2D eigenvalue weighted by atomic mass is 10.1. The van der Waals surface area contributed by atoms with E-state index in [4.69, 9.17) is 11.0 Å². The Hall–Kier alpha value is -2.32. The molecule has 0 radical (unpaired) electrons. The van der Waals surface area contributed by atoms with E-state index in [0.717, 1.165) is 10.0 Å². The molecule has 5 heteroatoms. The Kier molecular flexibility index (Phi) is 4.61. The molecule has 0 aliphatic heterocycles. The Morgan fingerprint density at radius 2 is 1.95 bits per heavy atom. The van der Waals surface area contributed by atoms with Crippen molar-refractivity contribution in [2.75, 3.05) is 12.8 Å². The van der Waals surface area contributed by atoms with E-state index in [0.29, 0.717) is 23.4 Å². The molecule has 0 saturated carbocycles. The molecule has 2 rings (SSSR count). The van der Waals surface area contributed by atoms with Crippen LogP contribution in [0, 0.1) is 11.3 Å². The second-order valence-electron chi connectivity index (χ2n) is 4.71. The van der Waals surface area contributed by atoms with Crippen molar-refractivity contribution >= 4 is 27.5 Å². The molecule has 0 bridgehead atoms. The average molecular weight is 344 g/mol. The van der Waals surface area contributed by atoms with Crippen molar-refractivity contribution in [3.63, 3.8) is 0 Å². The van der Waals surface area contributed by atoms with Crippen LogP contribution in [-0.2, 0) is 6.54 Å². The number of halogens is 1. The van der Waals surface area contributed by atoms with E-state index in [2.05, 4.69) is 22.0 Å². The van der Waals surface area contributed by atoms with Gasteiger partial charge in [0.2, 0.25) is 0 Å². The van der Waals surface area contributed by atoms with Crippen LogP contribution in [0.3, 0.4) is 0 Å². The maximum absolute atomic E-state index is 12.3. The van der Waals surface area contributed by atoms with Gasteiger partial charge < -0.3 is 10.6 Å². The van der Waals surface area contributed by atoms with Crippen LogP contribution in [0.4, 0.5) is 5.69 Å². The third-order valence-corrected chi connectivity index (χ3v) is 3.81. The molecule has 0 aliphatic rings. The van der Waals surface area contributed by atoms with E-state index < -0.39 is 0 Å². The van der Waals surface area contributed by atoms with Crippen molar-refractivity contribution in [1.29, 1.82) is 5.26 Å². The van der Waals surface area contributed by atoms with Crippen LogP contribution in [0.25, 0.3) is 0 Å². The van der Waals surface area contributed by atoms with Crippen LogP contribution in [0.15, 0.2) is 46.9 Å². The predicted octanol–water partition coefficient (Wildman–Crippen LogP) is 3.18. The highest BCUT2D eigenvalue weighted by Crippen LogP contribution is 2.21. The van der Waals surface area contributed by atoms with Gasteiger partial charge in [-0.2, -0.15) is 5.26 Å². The van der Waals surface area contributed by atoms with E-state index in [1.165, 1.54) is 0 Å². The predicted molar refractivity (Wildman–Crippen MR) is 85.5 cm³/mol. The van der Waals surface area contributed by atoms with Crippen molar-refractivity contribution in [1.82, 2.24) is 4.90 Å². The van der Waals surface area contributed by atoms with Gasteiger partial charge in [-0.25, -0.2) is 0 Å². The Bertz CT molecular complexity index is 704. The zero-order valence-electron chi connectivity index (χ0n) is 11.5. The molecule has 2 N–H and O–H groups in total. The molecule has 0 heterocycles. The fourth-order valence-corrected chi connectivity index (χ4v) is 2.17. The van der Waals surface area contributed by atoms with Gasteiger partial charge in [0.05, 0.1) is 11.6 Å². The highest BCUT2D eigenvalue weighted by atomic mass is 79.9. The highest BCUT2D eigenvalue weighted by molar-refractivity contribution is 9.10. The van der Waals surface area contributed by atoms with Crippen LogP contribution < -0.4 is 5.73 Å². The molecule has 0 atom stereocenters. The lowest BCUT2D eigenvalue weighted by Crippen LogP contribution is -2.26. The molecule has 21 heavy (non-hydrogen) atoms. The molecule has 0 unspecified atom stereocenters. The summed E-state index contributed by atoms with van der Waals surface area (Å²) in [6.07, 6.45) is 0. The Labute approximate surface area is 131 Å². The van der Waals surface area contributed by atoms with Crippen molar-refractivity contribution in [2.45, 2.75) is 6.54 Å². The minimum Gasteiger partial charge on any atom is -0.398 e. The molecule has 0 aromatic heterocycles. The second-order valence-corrected chi connectivity index (χ2v) is 5.56. The highest BCUT2D eigenvalue weighted by Gasteiger charge is 2.13. The van der Waals surface area contributed by atoms with Crippen molar-refractivity contribution in [2.24, 2.45) is 0 Å². The number of nitrogens with zero attached hydrogens (tertiary/aromatic N) is 2. The van der Waals surface area contributed by atoms with Gasteiger partial charge in [0.25, 0.3) is 5.91 Å². The van der Waals surface area contributed by atoms with E-state index in [1.54, 1.807) is 42.3 Å². The smallest absolute Gasteiger partial charge is 0.253 e. The minimum absolute atomic E-state index is 0.0986. The number of carbonyl (C=O) groups excluding carboxylic acids is 1. The van der Waals surface area contributed by atoms with Gasteiger partial charge in [0.1, 0.15) is 0 Å². The fourth-order valence-electron chi connectivity index (χ4n) is 1.93. The number of nitrogens with two attached hydrogens (primary N) is 1. The molecular weight excluding hydrogens is 330 g/mol. The van der Waals surface area contributed by atoms with Crippen molar-refractivity contribution in [3.8, 4) is 6.07 Å². The van der Waals surface area contributed by atoms with Gasteiger partial charge in [-0.05, 0) is 51.8 Å². The number of anilines is 1. The topological polar surface area (TPSA) is 70.1 Å². The standard InChI is InChI=1S/C16H14BrN3O/c1-20(10-12-4-2-11(9-18)3-5-12)16(21)13-6-7-14(17)15(19)8-13/h2-8H,10,19H2,1H3. The number of nitriles is 1. The molecule has 0 aliphatic carbocycles. The van der Waals surface area contributed by atoms with Gasteiger partial charge in [-0.3, -0.25) is 4.79 Å². The molecule has 4 nitrogen and oxygen atoms in total. The molecule has 0 saturated heterocycles. The summed E-state index contributed by atoms with van der Waals surface area (Å²) in [5.74, 6) is -0.0986. The number of hydrogen-bond acceptors (Lipinski definition) is 3. The molecule has 0 spiro atoms. The van der Waals surface area contributed by atoms with Crippen LogP contribution in [-0.4, -0.2) is 17.9 Å². The average Bonchev–Trinajstić information content (AvgIpc) is 2.50. The van der Waals surface area contributed by atoms with Crippen LogP contribution in [0.1, 0.15) is 21.5 Å². The van der Waals surface area contributed by atoms with E-state index in [1.807, 2.05) is 12.1 Å². The molecular formula is C16H14BrN3O. The normalized spacial score (nSPS) is 9.95. The number of amides is 1. The van der Waals surface area contributed by atoms with Gasteiger partial charge in [0.15, 0.2) is 0 Å². The van der Waals surface area contributed by atoms with Gasteiger partial charge in [-0.1, -0.05) is 12.1 Å². The summed E-state index contributed by atoms with van der Waals surface area (Å²) < 4.78 is 0.772. The first kappa shape index (κ1) is 15.1. The summed E-state index contributed by atoms with van der Waals surface area (Å²) in [7, 11) is 1.73. The molecule has 106 valence electrons. The number of benzene rings is 2. The second kappa shape index (κ2) is 6.42. The van der Waals surface area contributed by atoms with Crippen molar-refractivity contribution < 1.29 is 4.79 Å². The Morgan fingerprint density at radius 3 is 2.52 bits per heavy atom. The third-order valence-electron chi connectivity index (χ3n) is 3.09. The third kappa shape index (κ3) is 3.61. The summed E-state index contributed by atoms with van der Waals surface area (Å²) in [6, 6.07) is 14.4. The summed E-state index contributed by atoms with van der Waals surface area (Å²) in [4.78, 5) is 14.0. The summed E-state index contributed by atoms with van der Waals surface area (Å²) in [6.45, 7) is 0.473. The van der Waals surface area contributed by atoms with E-state index in [-0.39, 0.29) is 5.91 Å². The zero-order chi connectivity index (χ0) is 15.4. The SMILES string of the molecule is CN(Cc1ccc(C#N)cc1)C(=O)c1ccc(Br)c(N)c1. The monoisotopic (exact) mass is 343 g/mol. The summed E-state index contributed by atoms with van der Waals surface area (Å²) in [5, 5.41) is 8.77. The zero-order valence-corrected chi connectivity index (χ0v) is 13.1. The molecule has 2 aromatic carbocycles. The largest absolute Gasteiger partial charge is 0.398 e.